The third kappa shape index (κ3) is 22.8. The zero-order valence-corrected chi connectivity index (χ0v) is 22.6. The Balaban J connectivity index is -0.000000448. The number of carbonyl (C=O) groups is 4. The van der Waals surface area contributed by atoms with Crippen molar-refractivity contribution >= 4 is 23.5 Å². The van der Waals surface area contributed by atoms with Gasteiger partial charge in [-0.25, -0.2) is 0 Å². The maximum Gasteiger partial charge on any atom is 0.398 e. The van der Waals surface area contributed by atoms with Crippen molar-refractivity contribution in [3.63, 3.8) is 0 Å². The van der Waals surface area contributed by atoms with E-state index in [0.29, 0.717) is 12.2 Å². The monoisotopic (exact) mass is 602 g/mol. The summed E-state index contributed by atoms with van der Waals surface area (Å²) < 4.78 is 82.5. The number of halogens is 6. The molecule has 0 saturated carbocycles. The number of hydrogen-bond donors (Lipinski definition) is 0. The molecule has 15 heteroatoms. The van der Waals surface area contributed by atoms with Gasteiger partial charge in [0.2, 0.25) is 0 Å². The molecule has 8 nitrogen and oxygen atoms in total. The van der Waals surface area contributed by atoms with Crippen molar-refractivity contribution in [3.05, 3.63) is 0 Å². The van der Waals surface area contributed by atoms with E-state index in [1.807, 2.05) is 27.7 Å². The summed E-state index contributed by atoms with van der Waals surface area (Å²) in [5.41, 5.74) is 0. The van der Waals surface area contributed by atoms with Crippen LogP contribution in [0.25, 0.3) is 0 Å². The molecule has 0 aromatic rings. The molecule has 0 amide bonds. The first-order valence-corrected chi connectivity index (χ1v) is 12.4. The van der Waals surface area contributed by atoms with Crippen LogP contribution in [-0.4, -0.2) is 48.1 Å². The van der Waals surface area contributed by atoms with Gasteiger partial charge in [-0.1, -0.05) is 13.8 Å². The standard InChI is InChI=1S/2C7H9F3O3.2C3H7O.Zr/c2*1-2-4(7(8,9)10)5(11)3-6(12)13;2*1-3(2)4;/h2*4H,2-3H2,1H3,(H,12,13);2*3H,1-2H3;/q;;2*-1;+4/p-2. The van der Waals surface area contributed by atoms with Crippen LogP contribution in [0.15, 0.2) is 0 Å². The molecule has 0 fully saturated rings. The zero-order chi connectivity index (χ0) is 28.6. The van der Waals surface area contributed by atoms with Crippen molar-refractivity contribution in [1.29, 1.82) is 0 Å². The van der Waals surface area contributed by atoms with Crippen molar-refractivity contribution in [1.82, 2.24) is 0 Å². The van der Waals surface area contributed by atoms with Crippen molar-refractivity contribution in [2.45, 2.75) is 91.8 Å². The first-order chi connectivity index (χ1) is 15.7. The van der Waals surface area contributed by atoms with Gasteiger partial charge >= 0.3 is 82.0 Å². The summed E-state index contributed by atoms with van der Waals surface area (Å²) in [4.78, 5) is 41.1. The summed E-state index contributed by atoms with van der Waals surface area (Å²) >= 11 is -0.929. The minimum atomic E-state index is -4.67. The zero-order valence-electron chi connectivity index (χ0n) is 20.2. The van der Waals surface area contributed by atoms with Crippen LogP contribution in [-0.2, 0) is 48.9 Å². The van der Waals surface area contributed by atoms with Crippen LogP contribution in [0.3, 0.4) is 0 Å². The summed E-state index contributed by atoms with van der Waals surface area (Å²) in [5.74, 6) is -10.7. The molecule has 0 aliphatic carbocycles. The first-order valence-electron chi connectivity index (χ1n) is 10.3. The summed E-state index contributed by atoms with van der Waals surface area (Å²) in [6.45, 7) is 10.5. The number of hydrogen-bond acceptors (Lipinski definition) is 8. The first kappa shape index (κ1) is 38.2. The fraction of sp³-hybridized carbons (Fsp3) is 0.800. The van der Waals surface area contributed by atoms with E-state index in [4.69, 9.17) is 5.63 Å². The van der Waals surface area contributed by atoms with Crippen molar-refractivity contribution in [2.24, 2.45) is 11.8 Å². The SMILES string of the molecule is CC(C)[O][Zr+2][O]C(C)C.CCC(C(=O)CC(=O)[O-])C(F)(F)F.CCC(C(=O)CC(=O)[O-])C(F)(F)F. The topological polar surface area (TPSA) is 133 Å². The summed E-state index contributed by atoms with van der Waals surface area (Å²) in [6.07, 6.45) is -11.9. The third-order valence-corrected chi connectivity index (χ3v) is 6.38. The van der Waals surface area contributed by atoms with E-state index >= 15 is 0 Å². The molecule has 0 heterocycles. The van der Waals surface area contributed by atoms with E-state index in [1.165, 1.54) is 13.8 Å². The normalized spacial score (nSPS) is 13.0. The summed E-state index contributed by atoms with van der Waals surface area (Å²) in [7, 11) is 0. The second kappa shape index (κ2) is 18.9. The Morgan fingerprint density at radius 1 is 0.686 bits per heavy atom. The Morgan fingerprint density at radius 2 is 0.943 bits per heavy atom. The van der Waals surface area contributed by atoms with Crippen LogP contribution < -0.4 is 10.2 Å². The Kier molecular flexibility index (Phi) is 20.6. The number of Topliss-reactive ketones (excluding diaryl/α,β-unsaturated/α-hetero) is 2. The van der Waals surface area contributed by atoms with E-state index in [0.717, 1.165) is 0 Å². The van der Waals surface area contributed by atoms with E-state index in [1.54, 1.807) is 0 Å². The maximum absolute atomic E-state index is 12.0. The molecule has 0 radical (unpaired) electrons. The van der Waals surface area contributed by atoms with E-state index in [9.17, 15) is 55.7 Å². The van der Waals surface area contributed by atoms with E-state index in [2.05, 4.69) is 0 Å². The fourth-order valence-corrected chi connectivity index (χ4v) is 3.12. The van der Waals surface area contributed by atoms with Crippen LogP contribution in [0, 0.1) is 11.8 Å². The smallest absolute Gasteiger partial charge is 0.398 e. The van der Waals surface area contributed by atoms with Gasteiger partial charge in [0.15, 0.2) is 11.6 Å². The minimum Gasteiger partial charge on any atom is -0.550 e. The van der Waals surface area contributed by atoms with Gasteiger partial charge in [-0.3, -0.25) is 9.59 Å². The molecule has 0 saturated heterocycles. The van der Waals surface area contributed by atoms with Crippen LogP contribution in [0.5, 0.6) is 0 Å². The van der Waals surface area contributed by atoms with Crippen LogP contribution in [0.1, 0.15) is 67.2 Å². The Hall–Kier alpha value is -1.34. The molecule has 2 atom stereocenters. The Bertz CT molecular complexity index is 597. The van der Waals surface area contributed by atoms with Crippen LogP contribution in [0.4, 0.5) is 26.3 Å². The third-order valence-electron chi connectivity index (χ3n) is 3.59. The van der Waals surface area contributed by atoms with Crippen molar-refractivity contribution in [2.75, 3.05) is 0 Å². The van der Waals surface area contributed by atoms with Gasteiger partial charge in [0, 0.05) is 24.8 Å². The second-order valence-corrected chi connectivity index (χ2v) is 9.02. The number of alkyl halides is 6. The molecule has 0 aromatic heterocycles. The van der Waals surface area contributed by atoms with Crippen LogP contribution in [0.2, 0.25) is 0 Å². The number of aliphatic carboxylic acids is 2. The molecular weight excluding hydrogens is 573 g/mol. The maximum atomic E-state index is 12.0. The van der Waals surface area contributed by atoms with Crippen molar-refractivity contribution in [3.8, 4) is 0 Å². The average molecular weight is 604 g/mol. The minimum absolute atomic E-state index is 0.343. The Labute approximate surface area is 212 Å². The molecule has 2 unspecified atom stereocenters. The molecule has 0 aliphatic heterocycles. The second-order valence-electron chi connectivity index (χ2n) is 7.45. The molecule has 35 heavy (non-hydrogen) atoms. The van der Waals surface area contributed by atoms with E-state index in [-0.39, 0.29) is 0 Å². The fourth-order valence-electron chi connectivity index (χ4n) is 2.03. The molecular formula is C20H30F6O8Zr. The molecule has 0 N–H and O–H groups in total. The summed E-state index contributed by atoms with van der Waals surface area (Å²) in [5, 5.41) is 19.7. The summed E-state index contributed by atoms with van der Waals surface area (Å²) in [6, 6.07) is 0. The molecule has 204 valence electrons. The van der Waals surface area contributed by atoms with Gasteiger partial charge in [0.1, 0.15) is 11.8 Å². The van der Waals surface area contributed by atoms with Gasteiger partial charge < -0.3 is 19.8 Å². The van der Waals surface area contributed by atoms with Gasteiger partial charge in [0.25, 0.3) is 0 Å². The van der Waals surface area contributed by atoms with Gasteiger partial charge in [-0.2, -0.15) is 26.3 Å². The largest absolute Gasteiger partial charge is 0.550 e. The van der Waals surface area contributed by atoms with Gasteiger partial charge in [-0.15, -0.1) is 0 Å². The van der Waals surface area contributed by atoms with Gasteiger partial charge in [0.05, 0.1) is 0 Å². The predicted octanol–water partition coefficient (Wildman–Crippen LogP) is 2.32. The molecule has 0 spiro atoms. The predicted molar refractivity (Wildman–Crippen MR) is 101 cm³/mol. The molecule has 0 aliphatic rings. The van der Waals surface area contributed by atoms with E-state index < -0.39 is 97.5 Å². The number of carbonyl (C=O) groups excluding carboxylic acids is 4. The molecule has 0 aromatic carbocycles. The van der Waals surface area contributed by atoms with Crippen molar-refractivity contribution < 1.29 is 85.5 Å². The van der Waals surface area contributed by atoms with Gasteiger partial charge in [-0.05, 0) is 12.8 Å². The van der Waals surface area contributed by atoms with Crippen LogP contribution >= 0.6 is 0 Å². The molecule has 0 rings (SSSR count). The quantitative estimate of drug-likeness (QED) is 0.245. The average Bonchev–Trinajstić information content (AvgIpc) is 2.59. The number of ketones is 2. The number of carboxylic acid groups (broad SMARTS) is 2. The number of rotatable bonds is 12. The Morgan fingerprint density at radius 3 is 1.09 bits per heavy atom. The molecule has 0 bridgehead atoms. The number of carboxylic acids is 2.